The SMILES string of the molecule is CCOC(=O)C1CCN(C[C@@H](O)COc2ccc(C)cc2C)CC1. The molecule has 0 unspecified atom stereocenters. The highest BCUT2D eigenvalue weighted by Gasteiger charge is 2.26. The Kier molecular flexibility index (Phi) is 7.06. The van der Waals surface area contributed by atoms with Crippen LogP contribution in [0.1, 0.15) is 30.9 Å². The number of nitrogens with zero attached hydrogens (tertiary/aromatic N) is 1. The van der Waals surface area contributed by atoms with Crippen molar-refractivity contribution in [2.24, 2.45) is 5.92 Å². The van der Waals surface area contributed by atoms with Crippen LogP contribution in [0.4, 0.5) is 0 Å². The van der Waals surface area contributed by atoms with Gasteiger partial charge in [-0.05, 0) is 58.3 Å². The van der Waals surface area contributed by atoms with Crippen molar-refractivity contribution < 1.29 is 19.4 Å². The van der Waals surface area contributed by atoms with Crippen LogP contribution in [0.5, 0.6) is 5.75 Å². The number of aryl methyl sites for hydroxylation is 2. The predicted octanol–water partition coefficient (Wildman–Crippen LogP) is 2.32. The number of esters is 1. The number of carbonyl (C=O) groups excluding carboxylic acids is 1. The second-order valence-electron chi connectivity index (χ2n) is 6.56. The lowest BCUT2D eigenvalue weighted by atomic mass is 9.97. The highest BCUT2D eigenvalue weighted by Crippen LogP contribution is 2.20. The van der Waals surface area contributed by atoms with Gasteiger partial charge in [0.15, 0.2) is 0 Å². The first-order chi connectivity index (χ1) is 11.5. The van der Waals surface area contributed by atoms with E-state index in [0.29, 0.717) is 13.2 Å². The number of hydrogen-bond donors (Lipinski definition) is 1. The number of aliphatic hydroxyl groups is 1. The van der Waals surface area contributed by atoms with E-state index < -0.39 is 6.10 Å². The van der Waals surface area contributed by atoms with Crippen molar-refractivity contribution in [2.75, 3.05) is 32.8 Å². The Morgan fingerprint density at radius 2 is 2.04 bits per heavy atom. The van der Waals surface area contributed by atoms with Crippen molar-refractivity contribution in [3.63, 3.8) is 0 Å². The quantitative estimate of drug-likeness (QED) is 0.775. The Morgan fingerprint density at radius 3 is 2.67 bits per heavy atom. The number of piperidine rings is 1. The Morgan fingerprint density at radius 1 is 1.33 bits per heavy atom. The maximum Gasteiger partial charge on any atom is 0.309 e. The van der Waals surface area contributed by atoms with Crippen molar-refractivity contribution in [1.29, 1.82) is 0 Å². The van der Waals surface area contributed by atoms with E-state index in [1.807, 2.05) is 32.9 Å². The monoisotopic (exact) mass is 335 g/mol. The lowest BCUT2D eigenvalue weighted by Gasteiger charge is -2.32. The molecule has 1 aliphatic rings. The van der Waals surface area contributed by atoms with E-state index in [4.69, 9.17) is 9.47 Å². The van der Waals surface area contributed by atoms with Gasteiger partial charge in [-0.1, -0.05) is 17.7 Å². The summed E-state index contributed by atoms with van der Waals surface area (Å²) < 4.78 is 10.8. The van der Waals surface area contributed by atoms with Gasteiger partial charge in [0, 0.05) is 6.54 Å². The standard InChI is InChI=1S/C19H29NO4/c1-4-23-19(22)16-7-9-20(10-8-16)12-17(21)13-24-18-6-5-14(2)11-15(18)3/h5-6,11,16-17,21H,4,7-10,12-13H2,1-3H3/t17-/m1/s1. The topological polar surface area (TPSA) is 59.0 Å². The number of carbonyl (C=O) groups is 1. The molecule has 5 nitrogen and oxygen atoms in total. The minimum absolute atomic E-state index is 0.00445. The molecule has 1 saturated heterocycles. The van der Waals surface area contributed by atoms with Crippen molar-refractivity contribution in [3.8, 4) is 5.75 Å². The largest absolute Gasteiger partial charge is 0.491 e. The molecule has 0 bridgehead atoms. The van der Waals surface area contributed by atoms with Crippen LogP contribution < -0.4 is 4.74 Å². The summed E-state index contributed by atoms with van der Waals surface area (Å²) in [6, 6.07) is 6.03. The number of likely N-dealkylation sites (tertiary alicyclic amines) is 1. The molecule has 1 atom stereocenters. The van der Waals surface area contributed by atoms with E-state index in [2.05, 4.69) is 11.0 Å². The second kappa shape index (κ2) is 9.04. The zero-order valence-electron chi connectivity index (χ0n) is 15.0. The van der Waals surface area contributed by atoms with Gasteiger partial charge in [-0.25, -0.2) is 0 Å². The first-order valence-electron chi connectivity index (χ1n) is 8.76. The van der Waals surface area contributed by atoms with Gasteiger partial charge in [0.1, 0.15) is 18.5 Å². The van der Waals surface area contributed by atoms with Crippen molar-refractivity contribution in [1.82, 2.24) is 4.90 Å². The van der Waals surface area contributed by atoms with E-state index in [9.17, 15) is 9.90 Å². The molecule has 0 aliphatic carbocycles. The van der Waals surface area contributed by atoms with Crippen molar-refractivity contribution in [2.45, 2.75) is 39.7 Å². The molecule has 0 amide bonds. The molecule has 1 aliphatic heterocycles. The fourth-order valence-electron chi connectivity index (χ4n) is 3.11. The van der Waals surface area contributed by atoms with Crippen molar-refractivity contribution in [3.05, 3.63) is 29.3 Å². The third kappa shape index (κ3) is 5.49. The first-order valence-corrected chi connectivity index (χ1v) is 8.76. The van der Waals surface area contributed by atoms with Gasteiger partial charge in [0.25, 0.3) is 0 Å². The fourth-order valence-corrected chi connectivity index (χ4v) is 3.11. The number of aliphatic hydroxyl groups excluding tert-OH is 1. The summed E-state index contributed by atoms with van der Waals surface area (Å²) in [6.45, 7) is 8.80. The van der Waals surface area contributed by atoms with Crippen LogP contribution in [0.15, 0.2) is 18.2 Å². The molecule has 0 spiro atoms. The lowest BCUT2D eigenvalue weighted by Crippen LogP contribution is -2.42. The molecule has 1 N–H and O–H groups in total. The van der Waals surface area contributed by atoms with Crippen LogP contribution in [-0.4, -0.2) is 54.9 Å². The van der Waals surface area contributed by atoms with Gasteiger partial charge in [-0.15, -0.1) is 0 Å². The molecule has 1 aromatic carbocycles. The highest BCUT2D eigenvalue weighted by molar-refractivity contribution is 5.72. The normalized spacial score (nSPS) is 17.5. The Labute approximate surface area is 144 Å². The summed E-state index contributed by atoms with van der Waals surface area (Å²) >= 11 is 0. The number of hydrogen-bond acceptors (Lipinski definition) is 5. The molecule has 2 rings (SSSR count). The maximum absolute atomic E-state index is 11.7. The Balaban J connectivity index is 1.71. The number of rotatable bonds is 7. The fraction of sp³-hybridized carbons (Fsp3) is 0.632. The zero-order valence-corrected chi connectivity index (χ0v) is 15.0. The van der Waals surface area contributed by atoms with Crippen molar-refractivity contribution >= 4 is 5.97 Å². The number of benzene rings is 1. The average molecular weight is 335 g/mol. The summed E-state index contributed by atoms with van der Waals surface area (Å²) in [5, 5.41) is 10.2. The van der Waals surface area contributed by atoms with E-state index in [1.165, 1.54) is 5.56 Å². The van der Waals surface area contributed by atoms with Gasteiger partial charge in [-0.2, -0.15) is 0 Å². The molecule has 1 heterocycles. The van der Waals surface area contributed by atoms with Crippen LogP contribution in [-0.2, 0) is 9.53 Å². The number of ether oxygens (including phenoxy) is 2. The first kappa shape index (κ1) is 18.7. The third-order valence-electron chi connectivity index (χ3n) is 4.44. The molecular weight excluding hydrogens is 306 g/mol. The van der Waals surface area contributed by atoms with Crippen LogP contribution >= 0.6 is 0 Å². The average Bonchev–Trinajstić information content (AvgIpc) is 2.55. The van der Waals surface area contributed by atoms with E-state index in [-0.39, 0.29) is 18.5 Å². The summed E-state index contributed by atoms with van der Waals surface area (Å²) in [7, 11) is 0. The summed E-state index contributed by atoms with van der Waals surface area (Å²) in [5.74, 6) is 0.737. The molecule has 134 valence electrons. The van der Waals surface area contributed by atoms with Gasteiger partial charge in [-0.3, -0.25) is 4.79 Å². The summed E-state index contributed by atoms with van der Waals surface area (Å²) in [4.78, 5) is 13.9. The Hall–Kier alpha value is -1.59. The molecule has 0 saturated carbocycles. The van der Waals surface area contributed by atoms with Gasteiger partial charge < -0.3 is 19.5 Å². The molecule has 0 aromatic heterocycles. The predicted molar refractivity (Wildman–Crippen MR) is 93.2 cm³/mol. The van der Waals surface area contributed by atoms with Gasteiger partial charge in [0.2, 0.25) is 0 Å². The zero-order chi connectivity index (χ0) is 17.5. The van der Waals surface area contributed by atoms with Crippen LogP contribution in [0, 0.1) is 19.8 Å². The number of β-amino-alcohol motifs (C(OH)–C–C–N with tert-alkyl or cyclic N) is 1. The molecule has 0 radical (unpaired) electrons. The molecule has 24 heavy (non-hydrogen) atoms. The molecule has 5 heteroatoms. The van der Waals surface area contributed by atoms with E-state index in [1.54, 1.807) is 0 Å². The highest BCUT2D eigenvalue weighted by atomic mass is 16.5. The smallest absolute Gasteiger partial charge is 0.309 e. The van der Waals surface area contributed by atoms with Crippen LogP contribution in [0.25, 0.3) is 0 Å². The second-order valence-corrected chi connectivity index (χ2v) is 6.56. The van der Waals surface area contributed by atoms with E-state index >= 15 is 0 Å². The molecule has 1 fully saturated rings. The minimum atomic E-state index is -0.537. The van der Waals surface area contributed by atoms with Crippen LogP contribution in [0.2, 0.25) is 0 Å². The summed E-state index contributed by atoms with van der Waals surface area (Å²) in [6.07, 6.45) is 1.05. The maximum atomic E-state index is 11.7. The third-order valence-corrected chi connectivity index (χ3v) is 4.44. The minimum Gasteiger partial charge on any atom is -0.491 e. The van der Waals surface area contributed by atoms with Gasteiger partial charge >= 0.3 is 5.97 Å². The Bertz CT molecular complexity index is 538. The molecular formula is C19H29NO4. The van der Waals surface area contributed by atoms with E-state index in [0.717, 1.165) is 37.2 Å². The van der Waals surface area contributed by atoms with Gasteiger partial charge in [0.05, 0.1) is 12.5 Å². The van der Waals surface area contributed by atoms with Crippen LogP contribution in [0.3, 0.4) is 0 Å². The summed E-state index contributed by atoms with van der Waals surface area (Å²) in [5.41, 5.74) is 2.28. The lowest BCUT2D eigenvalue weighted by molar-refractivity contribution is -0.149. The molecule has 1 aromatic rings.